The Balaban J connectivity index is 1.57. The van der Waals surface area contributed by atoms with Crippen LogP contribution < -0.4 is 5.32 Å². The standard InChI is InChI=1S/C15H22N2O/c1-12-9-14(11-17-7-3-2-4-8-17)18-15(12)10-16-13-5-6-13/h2-3,9,13,16H,4-8,10-11H2,1H3. The topological polar surface area (TPSA) is 28.4 Å². The normalized spacial score (nSPS) is 20.5. The number of hydrogen-bond donors (Lipinski definition) is 1. The molecule has 3 nitrogen and oxygen atoms in total. The number of nitrogens with zero attached hydrogens (tertiary/aromatic N) is 1. The second kappa shape index (κ2) is 5.29. The predicted octanol–water partition coefficient (Wildman–Crippen LogP) is 2.60. The number of furan rings is 1. The quantitative estimate of drug-likeness (QED) is 0.810. The molecule has 1 aromatic heterocycles. The Bertz CT molecular complexity index is 432. The van der Waals surface area contributed by atoms with Gasteiger partial charge in [0, 0.05) is 19.1 Å². The van der Waals surface area contributed by atoms with E-state index in [0.29, 0.717) is 0 Å². The molecular weight excluding hydrogens is 224 g/mol. The van der Waals surface area contributed by atoms with Gasteiger partial charge in [0.2, 0.25) is 0 Å². The van der Waals surface area contributed by atoms with Crippen molar-refractivity contribution < 1.29 is 4.42 Å². The van der Waals surface area contributed by atoms with Crippen LogP contribution in [0.4, 0.5) is 0 Å². The molecule has 98 valence electrons. The summed E-state index contributed by atoms with van der Waals surface area (Å²) in [6, 6.07) is 2.94. The molecule has 2 aliphatic rings. The fraction of sp³-hybridized carbons (Fsp3) is 0.600. The highest BCUT2D eigenvalue weighted by atomic mass is 16.3. The van der Waals surface area contributed by atoms with Gasteiger partial charge in [0.1, 0.15) is 11.5 Å². The molecule has 0 amide bonds. The Kier molecular flexibility index (Phi) is 3.52. The second-order valence-corrected chi connectivity index (χ2v) is 5.47. The van der Waals surface area contributed by atoms with Crippen LogP contribution in [0.3, 0.4) is 0 Å². The molecule has 1 aliphatic carbocycles. The molecule has 0 aromatic carbocycles. The molecule has 1 N–H and O–H groups in total. The fourth-order valence-corrected chi connectivity index (χ4v) is 2.42. The SMILES string of the molecule is Cc1cc(CN2CC=CCC2)oc1CNC1CC1. The van der Waals surface area contributed by atoms with Crippen molar-refractivity contribution in [3.8, 4) is 0 Å². The zero-order valence-corrected chi connectivity index (χ0v) is 11.1. The van der Waals surface area contributed by atoms with Crippen LogP contribution in [0.15, 0.2) is 22.6 Å². The van der Waals surface area contributed by atoms with Crippen molar-refractivity contribution in [1.82, 2.24) is 10.2 Å². The molecule has 3 rings (SSSR count). The van der Waals surface area contributed by atoms with E-state index in [4.69, 9.17) is 4.42 Å². The number of aryl methyl sites for hydroxylation is 1. The molecule has 1 aromatic rings. The van der Waals surface area contributed by atoms with Crippen LogP contribution in [-0.2, 0) is 13.1 Å². The highest BCUT2D eigenvalue weighted by Gasteiger charge is 2.21. The summed E-state index contributed by atoms with van der Waals surface area (Å²) in [5, 5.41) is 3.51. The average molecular weight is 246 g/mol. The molecule has 0 unspecified atom stereocenters. The lowest BCUT2D eigenvalue weighted by atomic mass is 10.2. The first-order valence-electron chi connectivity index (χ1n) is 7.00. The Labute approximate surface area is 109 Å². The van der Waals surface area contributed by atoms with E-state index in [1.54, 1.807) is 0 Å². The van der Waals surface area contributed by atoms with E-state index in [1.807, 2.05) is 0 Å². The Morgan fingerprint density at radius 2 is 2.28 bits per heavy atom. The van der Waals surface area contributed by atoms with Crippen LogP contribution in [0, 0.1) is 6.92 Å². The monoisotopic (exact) mass is 246 g/mol. The molecule has 0 saturated heterocycles. The van der Waals surface area contributed by atoms with Gasteiger partial charge >= 0.3 is 0 Å². The second-order valence-electron chi connectivity index (χ2n) is 5.47. The summed E-state index contributed by atoms with van der Waals surface area (Å²) in [6.07, 6.45) is 8.32. The summed E-state index contributed by atoms with van der Waals surface area (Å²) in [7, 11) is 0. The Morgan fingerprint density at radius 1 is 1.39 bits per heavy atom. The van der Waals surface area contributed by atoms with Gasteiger partial charge in [0.25, 0.3) is 0 Å². The van der Waals surface area contributed by atoms with Gasteiger partial charge in [-0.2, -0.15) is 0 Å². The maximum absolute atomic E-state index is 5.97. The van der Waals surface area contributed by atoms with Crippen LogP contribution in [0.2, 0.25) is 0 Å². The molecule has 18 heavy (non-hydrogen) atoms. The Morgan fingerprint density at radius 3 is 3.00 bits per heavy atom. The highest BCUT2D eigenvalue weighted by molar-refractivity contribution is 5.20. The first-order chi connectivity index (χ1) is 8.81. The molecule has 0 atom stereocenters. The molecule has 1 fully saturated rings. The number of nitrogens with one attached hydrogen (secondary N) is 1. The molecule has 1 saturated carbocycles. The average Bonchev–Trinajstić information content (AvgIpc) is 3.14. The lowest BCUT2D eigenvalue weighted by Crippen LogP contribution is -2.26. The zero-order valence-electron chi connectivity index (χ0n) is 11.1. The van der Waals surface area contributed by atoms with Gasteiger partial charge in [0.15, 0.2) is 0 Å². The molecule has 1 aliphatic heterocycles. The van der Waals surface area contributed by atoms with E-state index in [-0.39, 0.29) is 0 Å². The first kappa shape index (κ1) is 12.0. The van der Waals surface area contributed by atoms with Gasteiger partial charge in [-0.25, -0.2) is 0 Å². The predicted molar refractivity (Wildman–Crippen MR) is 72.3 cm³/mol. The third-order valence-corrected chi connectivity index (χ3v) is 3.72. The van der Waals surface area contributed by atoms with Crippen LogP contribution in [0.1, 0.15) is 36.3 Å². The first-order valence-corrected chi connectivity index (χ1v) is 7.00. The summed E-state index contributed by atoms with van der Waals surface area (Å²) >= 11 is 0. The smallest absolute Gasteiger partial charge is 0.120 e. The molecule has 2 heterocycles. The maximum Gasteiger partial charge on any atom is 0.120 e. The minimum atomic E-state index is 0.741. The zero-order chi connectivity index (χ0) is 12.4. The minimum Gasteiger partial charge on any atom is -0.463 e. The number of rotatable bonds is 5. The van der Waals surface area contributed by atoms with Crippen molar-refractivity contribution in [2.75, 3.05) is 13.1 Å². The van der Waals surface area contributed by atoms with Crippen LogP contribution in [0.5, 0.6) is 0 Å². The lowest BCUT2D eigenvalue weighted by molar-refractivity contribution is 0.261. The van der Waals surface area contributed by atoms with E-state index >= 15 is 0 Å². The van der Waals surface area contributed by atoms with E-state index in [2.05, 4.69) is 35.4 Å². The van der Waals surface area contributed by atoms with Crippen LogP contribution >= 0.6 is 0 Å². The van der Waals surface area contributed by atoms with E-state index < -0.39 is 0 Å². The highest BCUT2D eigenvalue weighted by Crippen LogP contribution is 2.21. The fourth-order valence-electron chi connectivity index (χ4n) is 2.42. The minimum absolute atomic E-state index is 0.741. The molecule has 0 radical (unpaired) electrons. The molecule has 3 heteroatoms. The summed E-state index contributed by atoms with van der Waals surface area (Å²) in [5.41, 5.74) is 1.28. The summed E-state index contributed by atoms with van der Waals surface area (Å²) in [5.74, 6) is 2.22. The summed E-state index contributed by atoms with van der Waals surface area (Å²) in [6.45, 7) is 6.17. The summed E-state index contributed by atoms with van der Waals surface area (Å²) in [4.78, 5) is 2.43. The Hall–Kier alpha value is -1.06. The van der Waals surface area contributed by atoms with Gasteiger partial charge in [-0.1, -0.05) is 12.2 Å². The van der Waals surface area contributed by atoms with E-state index in [1.165, 1.54) is 18.4 Å². The van der Waals surface area contributed by atoms with Crippen molar-refractivity contribution in [3.05, 3.63) is 35.3 Å². The third kappa shape index (κ3) is 3.03. The van der Waals surface area contributed by atoms with Gasteiger partial charge in [0.05, 0.1) is 13.1 Å². The van der Waals surface area contributed by atoms with Crippen LogP contribution in [0.25, 0.3) is 0 Å². The van der Waals surface area contributed by atoms with Crippen molar-refractivity contribution in [1.29, 1.82) is 0 Å². The van der Waals surface area contributed by atoms with Gasteiger partial charge < -0.3 is 9.73 Å². The van der Waals surface area contributed by atoms with Crippen molar-refractivity contribution in [3.63, 3.8) is 0 Å². The number of hydrogen-bond acceptors (Lipinski definition) is 3. The summed E-state index contributed by atoms with van der Waals surface area (Å²) < 4.78 is 5.97. The lowest BCUT2D eigenvalue weighted by Gasteiger charge is -2.21. The van der Waals surface area contributed by atoms with Gasteiger partial charge in [-0.05, 0) is 37.8 Å². The maximum atomic E-state index is 5.97. The van der Waals surface area contributed by atoms with Crippen molar-refractivity contribution in [2.45, 2.75) is 45.3 Å². The molecule has 0 spiro atoms. The molecule has 0 bridgehead atoms. The van der Waals surface area contributed by atoms with Crippen molar-refractivity contribution in [2.24, 2.45) is 0 Å². The van der Waals surface area contributed by atoms with E-state index in [9.17, 15) is 0 Å². The largest absolute Gasteiger partial charge is 0.463 e. The van der Waals surface area contributed by atoms with Crippen molar-refractivity contribution >= 4 is 0 Å². The van der Waals surface area contributed by atoms with Gasteiger partial charge in [-0.3, -0.25) is 4.90 Å². The van der Waals surface area contributed by atoms with Gasteiger partial charge in [-0.15, -0.1) is 0 Å². The molecular formula is C15H22N2O. The van der Waals surface area contributed by atoms with E-state index in [0.717, 1.165) is 50.2 Å². The third-order valence-electron chi connectivity index (χ3n) is 3.72. The van der Waals surface area contributed by atoms with Crippen LogP contribution in [-0.4, -0.2) is 24.0 Å².